The number of carbonyl (C=O) groups is 2. The molecule has 0 unspecified atom stereocenters. The molecule has 0 fully saturated rings. The fourth-order valence-corrected chi connectivity index (χ4v) is 3.02. The highest BCUT2D eigenvalue weighted by atomic mass is 35.5. The number of carbonyl (C=O) groups excluding carboxylic acids is 2. The summed E-state index contributed by atoms with van der Waals surface area (Å²) in [6.45, 7) is 2.93. The van der Waals surface area contributed by atoms with Gasteiger partial charge in [-0.25, -0.2) is 9.07 Å². The second-order valence-corrected chi connectivity index (χ2v) is 7.42. The van der Waals surface area contributed by atoms with E-state index in [0.29, 0.717) is 11.6 Å². The maximum atomic E-state index is 13.8. The van der Waals surface area contributed by atoms with Crippen LogP contribution in [0.15, 0.2) is 59.6 Å². The lowest BCUT2D eigenvalue weighted by molar-refractivity contribution is -0.141. The second kappa shape index (κ2) is 10.5. The van der Waals surface area contributed by atoms with Crippen LogP contribution in [0.4, 0.5) is 17.6 Å². The van der Waals surface area contributed by atoms with Crippen LogP contribution in [-0.4, -0.2) is 33.8 Å². The van der Waals surface area contributed by atoms with Crippen molar-refractivity contribution in [2.75, 3.05) is 0 Å². The van der Waals surface area contributed by atoms with Crippen LogP contribution in [0, 0.1) is 5.82 Å². The number of nitrogens with one attached hydrogen (secondary N) is 2. The van der Waals surface area contributed by atoms with Crippen LogP contribution in [0.3, 0.4) is 0 Å². The first-order chi connectivity index (χ1) is 16.1. The van der Waals surface area contributed by atoms with Gasteiger partial charge in [-0.15, -0.1) is 0 Å². The van der Waals surface area contributed by atoms with Gasteiger partial charge in [0.05, 0.1) is 5.69 Å². The molecule has 0 aliphatic heterocycles. The molecule has 12 heteroatoms. The SMILES string of the molecule is C=N[C@@H](Cl)C(=O)NCc1cccc(-n2nc(C(F)(F)F)cc2C(=O)NCc2ccccc2F)c1. The number of aromatic nitrogens is 2. The molecule has 34 heavy (non-hydrogen) atoms. The van der Waals surface area contributed by atoms with E-state index < -0.39 is 40.7 Å². The van der Waals surface area contributed by atoms with Crippen molar-refractivity contribution in [2.45, 2.75) is 24.8 Å². The second-order valence-electron chi connectivity index (χ2n) is 7.00. The van der Waals surface area contributed by atoms with Crippen LogP contribution in [0.1, 0.15) is 27.3 Å². The summed E-state index contributed by atoms with van der Waals surface area (Å²) in [6.07, 6.45) is -4.80. The van der Waals surface area contributed by atoms with Gasteiger partial charge in [0.25, 0.3) is 11.8 Å². The van der Waals surface area contributed by atoms with Crippen LogP contribution in [-0.2, 0) is 24.1 Å². The molecule has 178 valence electrons. The molecular formula is C22H18ClF4N5O2. The minimum Gasteiger partial charge on any atom is -0.349 e. The Balaban J connectivity index is 1.88. The quantitative estimate of drug-likeness (QED) is 0.215. The summed E-state index contributed by atoms with van der Waals surface area (Å²) < 4.78 is 54.7. The number of hydrogen-bond acceptors (Lipinski definition) is 4. The lowest BCUT2D eigenvalue weighted by Gasteiger charge is -2.11. The fraction of sp³-hybridized carbons (Fsp3) is 0.182. The smallest absolute Gasteiger partial charge is 0.349 e. The van der Waals surface area contributed by atoms with Gasteiger partial charge < -0.3 is 10.6 Å². The van der Waals surface area contributed by atoms with Gasteiger partial charge in [-0.05, 0) is 30.5 Å². The van der Waals surface area contributed by atoms with Crippen molar-refractivity contribution < 1.29 is 27.2 Å². The maximum Gasteiger partial charge on any atom is 0.435 e. The van der Waals surface area contributed by atoms with Crippen molar-refractivity contribution in [1.29, 1.82) is 0 Å². The lowest BCUT2D eigenvalue weighted by atomic mass is 10.2. The van der Waals surface area contributed by atoms with Crippen LogP contribution < -0.4 is 10.6 Å². The van der Waals surface area contributed by atoms with Gasteiger partial charge in [0.2, 0.25) is 5.50 Å². The zero-order valence-corrected chi connectivity index (χ0v) is 18.2. The summed E-state index contributed by atoms with van der Waals surface area (Å²) in [4.78, 5) is 27.9. The molecule has 3 aromatic rings. The van der Waals surface area contributed by atoms with Crippen molar-refractivity contribution >= 4 is 30.1 Å². The molecule has 0 radical (unpaired) electrons. The van der Waals surface area contributed by atoms with E-state index in [-0.39, 0.29) is 24.3 Å². The van der Waals surface area contributed by atoms with Crippen molar-refractivity contribution in [3.8, 4) is 5.69 Å². The Kier molecular flexibility index (Phi) is 7.67. The third kappa shape index (κ3) is 5.98. The Labute approximate surface area is 196 Å². The molecule has 0 saturated carbocycles. The highest BCUT2D eigenvalue weighted by Gasteiger charge is 2.36. The van der Waals surface area contributed by atoms with Gasteiger partial charge in [0, 0.05) is 24.7 Å². The van der Waals surface area contributed by atoms with E-state index >= 15 is 0 Å². The molecule has 1 aromatic heterocycles. The molecule has 2 N–H and O–H groups in total. The van der Waals surface area contributed by atoms with Crippen LogP contribution in [0.25, 0.3) is 5.69 Å². The number of nitrogens with zero attached hydrogens (tertiary/aromatic N) is 3. The first kappa shape index (κ1) is 24.9. The number of hydrogen-bond donors (Lipinski definition) is 2. The standard InChI is InChI=1S/C22H18ClF4N5O2/c1-28-19(23)21(34)29-11-13-5-4-7-15(9-13)32-17(10-18(31-32)22(25,26)27)20(33)30-12-14-6-2-3-8-16(14)24/h2-10,19H,1,11-12H2,(H,29,34)(H,30,33)/t19-/m1/s1. The lowest BCUT2D eigenvalue weighted by Crippen LogP contribution is -2.29. The first-order valence-corrected chi connectivity index (χ1v) is 10.2. The summed E-state index contributed by atoms with van der Waals surface area (Å²) in [5.74, 6) is -2.05. The summed E-state index contributed by atoms with van der Waals surface area (Å²) in [5.41, 5.74) is -2.05. The van der Waals surface area contributed by atoms with E-state index in [2.05, 4.69) is 27.4 Å². The van der Waals surface area contributed by atoms with E-state index in [4.69, 9.17) is 11.6 Å². The molecule has 0 saturated heterocycles. The molecule has 2 aromatic carbocycles. The Morgan fingerprint density at radius 1 is 1.09 bits per heavy atom. The molecule has 7 nitrogen and oxygen atoms in total. The Morgan fingerprint density at radius 3 is 2.50 bits per heavy atom. The van der Waals surface area contributed by atoms with Crippen molar-refractivity contribution in [2.24, 2.45) is 4.99 Å². The molecule has 0 aliphatic carbocycles. The molecular weight excluding hydrogens is 478 g/mol. The number of amides is 2. The van der Waals surface area contributed by atoms with E-state index in [9.17, 15) is 27.2 Å². The number of aliphatic imine (C=N–C) groups is 1. The summed E-state index contributed by atoms with van der Waals surface area (Å²) in [5, 5.41) is 8.47. The molecule has 0 aliphatic rings. The van der Waals surface area contributed by atoms with Gasteiger partial charge in [-0.2, -0.15) is 18.3 Å². The summed E-state index contributed by atoms with van der Waals surface area (Å²) in [7, 11) is 0. The molecule has 1 atom stereocenters. The topological polar surface area (TPSA) is 88.4 Å². The van der Waals surface area contributed by atoms with E-state index in [0.717, 1.165) is 4.68 Å². The molecule has 3 rings (SSSR count). The number of halogens is 5. The highest BCUT2D eigenvalue weighted by Crippen LogP contribution is 2.29. The van der Waals surface area contributed by atoms with Crippen molar-refractivity contribution in [1.82, 2.24) is 20.4 Å². The predicted molar refractivity (Wildman–Crippen MR) is 117 cm³/mol. The zero-order valence-electron chi connectivity index (χ0n) is 17.4. The van der Waals surface area contributed by atoms with E-state index in [1.165, 1.54) is 36.4 Å². The largest absolute Gasteiger partial charge is 0.435 e. The van der Waals surface area contributed by atoms with Crippen molar-refractivity contribution in [3.63, 3.8) is 0 Å². The van der Waals surface area contributed by atoms with Crippen LogP contribution >= 0.6 is 11.6 Å². The average molecular weight is 496 g/mol. The summed E-state index contributed by atoms with van der Waals surface area (Å²) >= 11 is 5.66. The minimum absolute atomic E-state index is 0.00633. The van der Waals surface area contributed by atoms with Crippen LogP contribution in [0.2, 0.25) is 0 Å². The Morgan fingerprint density at radius 2 is 1.82 bits per heavy atom. The number of alkyl halides is 4. The highest BCUT2D eigenvalue weighted by molar-refractivity contribution is 6.30. The summed E-state index contributed by atoms with van der Waals surface area (Å²) in [6, 6.07) is 12.3. The molecule has 0 spiro atoms. The molecule has 2 amide bonds. The third-order valence-corrected chi connectivity index (χ3v) is 4.96. The molecule has 1 heterocycles. The molecule has 0 bridgehead atoms. The minimum atomic E-state index is -4.80. The van der Waals surface area contributed by atoms with Gasteiger partial charge in [-0.3, -0.25) is 14.6 Å². The predicted octanol–water partition coefficient (Wildman–Crippen LogP) is 3.84. The Hall–Kier alpha value is -3.73. The third-order valence-electron chi connectivity index (χ3n) is 4.63. The monoisotopic (exact) mass is 495 g/mol. The average Bonchev–Trinajstić information content (AvgIpc) is 3.28. The van der Waals surface area contributed by atoms with Crippen molar-refractivity contribution in [3.05, 3.63) is 82.9 Å². The van der Waals surface area contributed by atoms with E-state index in [1.807, 2.05) is 0 Å². The number of rotatable bonds is 8. The van der Waals surface area contributed by atoms with Gasteiger partial charge in [-0.1, -0.05) is 41.9 Å². The maximum absolute atomic E-state index is 13.8. The van der Waals surface area contributed by atoms with E-state index in [1.54, 1.807) is 12.1 Å². The fourth-order valence-electron chi connectivity index (χ4n) is 2.94. The van der Waals surface area contributed by atoms with Gasteiger partial charge in [0.1, 0.15) is 11.5 Å². The van der Waals surface area contributed by atoms with Crippen LogP contribution in [0.5, 0.6) is 0 Å². The zero-order chi connectivity index (χ0) is 24.9. The first-order valence-electron chi connectivity index (χ1n) is 9.76. The Bertz CT molecular complexity index is 1210. The normalized spacial score (nSPS) is 12.1. The number of benzene rings is 2. The van der Waals surface area contributed by atoms with Gasteiger partial charge >= 0.3 is 6.18 Å². The van der Waals surface area contributed by atoms with Gasteiger partial charge in [0.15, 0.2) is 5.69 Å².